The number of carbonyl (C=O) groups excluding carboxylic acids is 1. The minimum atomic E-state index is 0.00786. The van der Waals surface area contributed by atoms with Crippen molar-refractivity contribution in [3.8, 4) is 0 Å². The summed E-state index contributed by atoms with van der Waals surface area (Å²) in [6.07, 6.45) is 3.87. The minimum Gasteiger partial charge on any atom is -0.396 e. The van der Waals surface area contributed by atoms with Crippen LogP contribution in [-0.4, -0.2) is 53.8 Å². The fraction of sp³-hybridized carbons (Fsp3) is 0.571. The molecule has 0 spiro atoms. The quantitative estimate of drug-likeness (QED) is 0.876. The van der Waals surface area contributed by atoms with E-state index in [0.29, 0.717) is 25.2 Å². The number of rotatable bonds is 4. The summed E-state index contributed by atoms with van der Waals surface area (Å²) in [6, 6.07) is 3.73. The third kappa shape index (κ3) is 3.52. The molecule has 1 N–H and O–H groups in total. The Kier molecular flexibility index (Phi) is 4.87. The van der Waals surface area contributed by atoms with Crippen LogP contribution in [0, 0.1) is 0 Å². The SMILES string of the molecule is CN(C(=O)c1ccnc(CCO)c1)C1CCOCC1. The maximum absolute atomic E-state index is 12.4. The Morgan fingerprint density at radius 2 is 2.26 bits per heavy atom. The largest absolute Gasteiger partial charge is 0.396 e. The average Bonchev–Trinajstić information content (AvgIpc) is 2.47. The number of carbonyl (C=O) groups is 1. The van der Waals surface area contributed by atoms with Crippen LogP contribution in [0.25, 0.3) is 0 Å². The Morgan fingerprint density at radius 1 is 1.53 bits per heavy atom. The smallest absolute Gasteiger partial charge is 0.253 e. The van der Waals surface area contributed by atoms with Gasteiger partial charge in [-0.2, -0.15) is 0 Å². The zero-order chi connectivity index (χ0) is 13.7. The normalized spacial score (nSPS) is 16.3. The van der Waals surface area contributed by atoms with Crippen LogP contribution in [-0.2, 0) is 11.2 Å². The van der Waals surface area contributed by atoms with E-state index in [-0.39, 0.29) is 18.6 Å². The van der Waals surface area contributed by atoms with E-state index in [2.05, 4.69) is 4.98 Å². The second kappa shape index (κ2) is 6.63. The zero-order valence-electron chi connectivity index (χ0n) is 11.2. The van der Waals surface area contributed by atoms with E-state index < -0.39 is 0 Å². The molecule has 2 rings (SSSR count). The molecule has 1 aromatic rings. The van der Waals surface area contributed by atoms with Gasteiger partial charge in [0.1, 0.15) is 0 Å². The molecule has 1 saturated heterocycles. The summed E-state index contributed by atoms with van der Waals surface area (Å²) in [7, 11) is 1.84. The van der Waals surface area contributed by atoms with Crippen molar-refractivity contribution in [2.45, 2.75) is 25.3 Å². The van der Waals surface area contributed by atoms with Crippen molar-refractivity contribution in [3.63, 3.8) is 0 Å². The van der Waals surface area contributed by atoms with Gasteiger partial charge >= 0.3 is 0 Å². The van der Waals surface area contributed by atoms with Crippen LogP contribution >= 0.6 is 0 Å². The molecule has 1 aliphatic rings. The van der Waals surface area contributed by atoms with Crippen molar-refractivity contribution in [3.05, 3.63) is 29.6 Å². The maximum atomic E-state index is 12.4. The monoisotopic (exact) mass is 264 g/mol. The topological polar surface area (TPSA) is 62.7 Å². The molecule has 19 heavy (non-hydrogen) atoms. The predicted octanol–water partition coefficient (Wildman–Crippen LogP) is 0.867. The Bertz CT molecular complexity index is 430. The van der Waals surface area contributed by atoms with Crippen LogP contribution in [0.2, 0.25) is 0 Å². The van der Waals surface area contributed by atoms with Crippen molar-refractivity contribution < 1.29 is 14.6 Å². The Labute approximate surface area is 113 Å². The summed E-state index contributed by atoms with van der Waals surface area (Å²) in [5.41, 5.74) is 1.38. The fourth-order valence-corrected chi connectivity index (χ4v) is 2.30. The van der Waals surface area contributed by atoms with Gasteiger partial charge in [0.05, 0.1) is 0 Å². The van der Waals surface area contributed by atoms with Crippen LogP contribution in [0.5, 0.6) is 0 Å². The number of aromatic nitrogens is 1. The highest BCUT2D eigenvalue weighted by atomic mass is 16.5. The summed E-state index contributed by atoms with van der Waals surface area (Å²) < 4.78 is 5.31. The Morgan fingerprint density at radius 3 is 2.95 bits per heavy atom. The third-order valence-corrected chi connectivity index (χ3v) is 3.49. The highest BCUT2D eigenvalue weighted by molar-refractivity contribution is 5.94. The fourth-order valence-electron chi connectivity index (χ4n) is 2.30. The van der Waals surface area contributed by atoms with Crippen LogP contribution in [0.3, 0.4) is 0 Å². The van der Waals surface area contributed by atoms with Crippen LogP contribution in [0.1, 0.15) is 28.9 Å². The number of amides is 1. The lowest BCUT2D eigenvalue weighted by Gasteiger charge is -2.31. The number of hydrogen-bond acceptors (Lipinski definition) is 4. The van der Waals surface area contributed by atoms with Crippen molar-refractivity contribution in [2.75, 3.05) is 26.9 Å². The predicted molar refractivity (Wildman–Crippen MR) is 71.0 cm³/mol. The molecular weight excluding hydrogens is 244 g/mol. The molecule has 0 aliphatic carbocycles. The number of aliphatic hydroxyl groups is 1. The molecular formula is C14H20N2O3. The molecule has 104 valence electrons. The summed E-state index contributed by atoms with van der Waals surface area (Å²) in [4.78, 5) is 18.3. The van der Waals surface area contributed by atoms with Crippen LogP contribution < -0.4 is 0 Å². The second-order valence-corrected chi connectivity index (χ2v) is 4.77. The van der Waals surface area contributed by atoms with E-state index >= 15 is 0 Å². The molecule has 1 aromatic heterocycles. The third-order valence-electron chi connectivity index (χ3n) is 3.49. The Hall–Kier alpha value is -1.46. The lowest BCUT2D eigenvalue weighted by molar-refractivity contribution is 0.0362. The first-order valence-electron chi connectivity index (χ1n) is 6.63. The van der Waals surface area contributed by atoms with Gasteiger partial charge < -0.3 is 14.7 Å². The van der Waals surface area contributed by atoms with Crippen molar-refractivity contribution in [2.24, 2.45) is 0 Å². The molecule has 1 aliphatic heterocycles. The number of hydrogen-bond donors (Lipinski definition) is 1. The van der Waals surface area contributed by atoms with Gasteiger partial charge in [-0.3, -0.25) is 9.78 Å². The molecule has 5 nitrogen and oxygen atoms in total. The maximum Gasteiger partial charge on any atom is 0.253 e. The lowest BCUT2D eigenvalue weighted by Crippen LogP contribution is -2.40. The summed E-state index contributed by atoms with van der Waals surface area (Å²) in [5, 5.41) is 8.91. The highest BCUT2D eigenvalue weighted by Crippen LogP contribution is 2.16. The van der Waals surface area contributed by atoms with Crippen molar-refractivity contribution in [1.29, 1.82) is 0 Å². The number of ether oxygens (including phenoxy) is 1. The molecule has 0 saturated carbocycles. The van der Waals surface area contributed by atoms with E-state index in [1.54, 1.807) is 23.2 Å². The summed E-state index contributed by atoms with van der Waals surface area (Å²) >= 11 is 0. The van der Waals surface area contributed by atoms with E-state index in [9.17, 15) is 4.79 Å². The van der Waals surface area contributed by atoms with Gasteiger partial charge in [-0.05, 0) is 25.0 Å². The Balaban J connectivity index is 2.07. The zero-order valence-corrected chi connectivity index (χ0v) is 11.2. The molecule has 0 bridgehead atoms. The minimum absolute atomic E-state index is 0.00786. The van der Waals surface area contributed by atoms with E-state index in [0.717, 1.165) is 18.5 Å². The second-order valence-electron chi connectivity index (χ2n) is 4.77. The highest BCUT2D eigenvalue weighted by Gasteiger charge is 2.23. The van der Waals surface area contributed by atoms with Crippen LogP contribution in [0.4, 0.5) is 0 Å². The molecule has 1 fully saturated rings. The lowest BCUT2D eigenvalue weighted by atomic mass is 10.1. The molecule has 5 heteroatoms. The molecule has 0 aromatic carbocycles. The van der Waals surface area contributed by atoms with Gasteiger partial charge in [0.15, 0.2) is 0 Å². The summed E-state index contributed by atoms with van der Waals surface area (Å²) in [5.74, 6) is 0.00786. The molecule has 2 heterocycles. The van der Waals surface area contributed by atoms with Gasteiger partial charge in [0.2, 0.25) is 0 Å². The first-order valence-corrected chi connectivity index (χ1v) is 6.63. The number of aliphatic hydroxyl groups excluding tert-OH is 1. The van der Waals surface area contributed by atoms with Gasteiger partial charge in [0.25, 0.3) is 5.91 Å². The van der Waals surface area contributed by atoms with Gasteiger partial charge in [0, 0.05) is 56.8 Å². The van der Waals surface area contributed by atoms with Crippen molar-refractivity contribution >= 4 is 5.91 Å². The molecule has 1 amide bonds. The standard InChI is InChI=1S/C14H20N2O3/c1-16(13-4-8-19-9-5-13)14(18)11-2-6-15-12(10-11)3-7-17/h2,6,10,13,17H,3-5,7-9H2,1H3. The van der Waals surface area contributed by atoms with E-state index in [1.165, 1.54) is 0 Å². The summed E-state index contributed by atoms with van der Waals surface area (Å²) in [6.45, 7) is 1.48. The number of pyridine rings is 1. The number of nitrogens with zero attached hydrogens (tertiary/aromatic N) is 2. The van der Waals surface area contributed by atoms with E-state index in [1.807, 2.05) is 7.05 Å². The average molecular weight is 264 g/mol. The molecule has 0 atom stereocenters. The van der Waals surface area contributed by atoms with Gasteiger partial charge in [-0.25, -0.2) is 0 Å². The first-order chi connectivity index (χ1) is 9.22. The van der Waals surface area contributed by atoms with Crippen LogP contribution in [0.15, 0.2) is 18.3 Å². The van der Waals surface area contributed by atoms with E-state index in [4.69, 9.17) is 9.84 Å². The van der Waals surface area contributed by atoms with Gasteiger partial charge in [-0.1, -0.05) is 0 Å². The molecule has 0 unspecified atom stereocenters. The molecule has 0 radical (unpaired) electrons. The first kappa shape index (κ1) is 14.0. The van der Waals surface area contributed by atoms with Gasteiger partial charge in [-0.15, -0.1) is 0 Å². The van der Waals surface area contributed by atoms with Crippen molar-refractivity contribution in [1.82, 2.24) is 9.88 Å².